The van der Waals surface area contributed by atoms with Gasteiger partial charge in [-0.15, -0.1) is 0 Å². The molecule has 0 aliphatic carbocycles. The Balaban J connectivity index is 3.10. The third-order valence-electron chi connectivity index (χ3n) is 3.39. The summed E-state index contributed by atoms with van der Waals surface area (Å²) in [7, 11) is 3.31. The Morgan fingerprint density at radius 3 is 2.50 bits per heavy atom. The SMILES string of the molecule is CCCNC(c1cc(F)ccc1OC)C(CCC)OC. The summed E-state index contributed by atoms with van der Waals surface area (Å²) in [5, 5.41) is 3.45. The maximum Gasteiger partial charge on any atom is 0.123 e. The van der Waals surface area contributed by atoms with Crippen molar-refractivity contribution >= 4 is 0 Å². The van der Waals surface area contributed by atoms with Crippen LogP contribution in [0.5, 0.6) is 5.75 Å². The molecule has 1 N–H and O–H groups in total. The number of benzene rings is 1. The van der Waals surface area contributed by atoms with E-state index < -0.39 is 0 Å². The smallest absolute Gasteiger partial charge is 0.123 e. The van der Waals surface area contributed by atoms with E-state index in [0.717, 1.165) is 31.4 Å². The molecule has 0 fully saturated rings. The van der Waals surface area contributed by atoms with Gasteiger partial charge in [-0.2, -0.15) is 0 Å². The minimum absolute atomic E-state index is 0.00208. The summed E-state index contributed by atoms with van der Waals surface area (Å²) in [5.41, 5.74) is 0.821. The lowest BCUT2D eigenvalue weighted by atomic mass is 9.96. The third-order valence-corrected chi connectivity index (χ3v) is 3.39. The van der Waals surface area contributed by atoms with Gasteiger partial charge in [-0.3, -0.25) is 0 Å². The summed E-state index contributed by atoms with van der Waals surface area (Å²) >= 11 is 0. The van der Waals surface area contributed by atoms with Crippen molar-refractivity contribution in [1.29, 1.82) is 0 Å². The average molecular weight is 283 g/mol. The van der Waals surface area contributed by atoms with E-state index in [1.165, 1.54) is 12.1 Å². The summed E-state index contributed by atoms with van der Waals surface area (Å²) in [6.07, 6.45) is 2.94. The molecular formula is C16H26FNO2. The van der Waals surface area contributed by atoms with Crippen LogP contribution in [0.2, 0.25) is 0 Å². The number of ether oxygens (including phenoxy) is 2. The fourth-order valence-corrected chi connectivity index (χ4v) is 2.39. The molecule has 3 nitrogen and oxygen atoms in total. The van der Waals surface area contributed by atoms with E-state index >= 15 is 0 Å². The highest BCUT2D eigenvalue weighted by molar-refractivity contribution is 5.37. The molecule has 1 rings (SSSR count). The second kappa shape index (κ2) is 8.93. The molecule has 0 aromatic heterocycles. The molecule has 1 aromatic rings. The van der Waals surface area contributed by atoms with Crippen molar-refractivity contribution in [3.05, 3.63) is 29.6 Å². The van der Waals surface area contributed by atoms with Crippen LogP contribution in [0, 0.1) is 5.82 Å². The van der Waals surface area contributed by atoms with Crippen LogP contribution in [-0.4, -0.2) is 26.9 Å². The largest absolute Gasteiger partial charge is 0.496 e. The molecule has 4 heteroatoms. The van der Waals surface area contributed by atoms with E-state index in [1.807, 2.05) is 0 Å². The second-order valence-electron chi connectivity index (χ2n) is 4.88. The zero-order valence-corrected chi connectivity index (χ0v) is 12.9. The summed E-state index contributed by atoms with van der Waals surface area (Å²) in [6, 6.07) is 4.56. The summed E-state index contributed by atoms with van der Waals surface area (Å²) in [6.45, 7) is 5.08. The Labute approximate surface area is 121 Å². The van der Waals surface area contributed by atoms with Crippen molar-refractivity contribution in [3.63, 3.8) is 0 Å². The van der Waals surface area contributed by atoms with E-state index in [9.17, 15) is 4.39 Å². The zero-order valence-electron chi connectivity index (χ0n) is 12.9. The molecule has 2 unspecified atom stereocenters. The van der Waals surface area contributed by atoms with Gasteiger partial charge in [0, 0.05) is 12.7 Å². The molecule has 0 saturated heterocycles. The van der Waals surface area contributed by atoms with Crippen LogP contribution in [0.4, 0.5) is 4.39 Å². The van der Waals surface area contributed by atoms with Crippen LogP contribution in [0.25, 0.3) is 0 Å². The van der Waals surface area contributed by atoms with E-state index in [0.29, 0.717) is 5.75 Å². The minimum Gasteiger partial charge on any atom is -0.496 e. The van der Waals surface area contributed by atoms with Crippen LogP contribution >= 0.6 is 0 Å². The van der Waals surface area contributed by atoms with Crippen LogP contribution < -0.4 is 10.1 Å². The first-order valence-corrected chi connectivity index (χ1v) is 7.27. The Morgan fingerprint density at radius 2 is 1.95 bits per heavy atom. The fourth-order valence-electron chi connectivity index (χ4n) is 2.39. The fraction of sp³-hybridized carbons (Fsp3) is 0.625. The topological polar surface area (TPSA) is 30.5 Å². The molecule has 20 heavy (non-hydrogen) atoms. The van der Waals surface area contributed by atoms with Gasteiger partial charge in [-0.25, -0.2) is 4.39 Å². The normalized spacial score (nSPS) is 14.1. The third kappa shape index (κ3) is 4.46. The van der Waals surface area contributed by atoms with Crippen molar-refractivity contribution in [2.24, 2.45) is 0 Å². The number of hydrogen-bond donors (Lipinski definition) is 1. The van der Waals surface area contributed by atoms with E-state index in [4.69, 9.17) is 9.47 Å². The van der Waals surface area contributed by atoms with Crippen molar-refractivity contribution in [1.82, 2.24) is 5.32 Å². The van der Waals surface area contributed by atoms with Gasteiger partial charge >= 0.3 is 0 Å². The Kier molecular flexibility index (Phi) is 7.55. The van der Waals surface area contributed by atoms with Crippen LogP contribution in [-0.2, 0) is 4.74 Å². The molecular weight excluding hydrogens is 257 g/mol. The molecule has 0 spiro atoms. The Bertz CT molecular complexity index is 398. The first-order valence-electron chi connectivity index (χ1n) is 7.27. The molecule has 1 aromatic carbocycles. The minimum atomic E-state index is -0.254. The maximum absolute atomic E-state index is 13.6. The lowest BCUT2D eigenvalue weighted by Crippen LogP contribution is -2.34. The van der Waals surface area contributed by atoms with Gasteiger partial charge in [0.25, 0.3) is 0 Å². The van der Waals surface area contributed by atoms with Gasteiger partial charge in [-0.05, 0) is 37.6 Å². The van der Waals surface area contributed by atoms with E-state index in [1.54, 1.807) is 20.3 Å². The van der Waals surface area contributed by atoms with Crippen molar-refractivity contribution in [2.75, 3.05) is 20.8 Å². The molecule has 0 aliphatic heterocycles. The number of halogens is 1. The highest BCUT2D eigenvalue weighted by Crippen LogP contribution is 2.30. The molecule has 2 atom stereocenters. The molecule has 114 valence electrons. The quantitative estimate of drug-likeness (QED) is 0.749. The van der Waals surface area contributed by atoms with Gasteiger partial charge in [0.05, 0.1) is 19.3 Å². The summed E-state index contributed by atoms with van der Waals surface area (Å²) in [4.78, 5) is 0. The van der Waals surface area contributed by atoms with Crippen LogP contribution in [0.1, 0.15) is 44.7 Å². The number of hydrogen-bond acceptors (Lipinski definition) is 3. The van der Waals surface area contributed by atoms with Gasteiger partial charge in [0.1, 0.15) is 11.6 Å². The monoisotopic (exact) mass is 283 g/mol. The summed E-state index contributed by atoms with van der Waals surface area (Å²) < 4.78 is 24.6. The van der Waals surface area contributed by atoms with Crippen molar-refractivity contribution < 1.29 is 13.9 Å². The Morgan fingerprint density at radius 1 is 1.20 bits per heavy atom. The van der Waals surface area contributed by atoms with Gasteiger partial charge < -0.3 is 14.8 Å². The molecule has 0 aliphatic rings. The standard InChI is InChI=1S/C16H26FNO2/c1-5-7-15(20-4)16(18-10-6-2)13-11-12(17)8-9-14(13)19-3/h8-9,11,15-16,18H,5-7,10H2,1-4H3. The van der Waals surface area contributed by atoms with Crippen LogP contribution in [0.3, 0.4) is 0 Å². The van der Waals surface area contributed by atoms with E-state index in [-0.39, 0.29) is 18.0 Å². The first-order chi connectivity index (χ1) is 9.67. The zero-order chi connectivity index (χ0) is 15.0. The lowest BCUT2D eigenvalue weighted by Gasteiger charge is -2.28. The maximum atomic E-state index is 13.6. The molecule has 0 saturated carbocycles. The number of rotatable bonds is 9. The van der Waals surface area contributed by atoms with Gasteiger partial charge in [0.2, 0.25) is 0 Å². The lowest BCUT2D eigenvalue weighted by molar-refractivity contribution is 0.0597. The van der Waals surface area contributed by atoms with Crippen LogP contribution in [0.15, 0.2) is 18.2 Å². The molecule has 0 amide bonds. The second-order valence-corrected chi connectivity index (χ2v) is 4.88. The van der Waals surface area contributed by atoms with Crippen molar-refractivity contribution in [3.8, 4) is 5.75 Å². The predicted molar refractivity (Wildman–Crippen MR) is 79.7 cm³/mol. The molecule has 0 bridgehead atoms. The number of methoxy groups -OCH3 is 2. The van der Waals surface area contributed by atoms with Crippen molar-refractivity contribution in [2.45, 2.75) is 45.3 Å². The predicted octanol–water partition coefficient (Wildman–Crippen LogP) is 3.69. The van der Waals surface area contributed by atoms with Gasteiger partial charge in [-0.1, -0.05) is 20.3 Å². The highest BCUT2D eigenvalue weighted by Gasteiger charge is 2.25. The highest BCUT2D eigenvalue weighted by atomic mass is 19.1. The summed E-state index contributed by atoms with van der Waals surface area (Å²) in [5.74, 6) is 0.439. The molecule has 0 radical (unpaired) electrons. The van der Waals surface area contributed by atoms with E-state index in [2.05, 4.69) is 19.2 Å². The van der Waals surface area contributed by atoms with Gasteiger partial charge in [0.15, 0.2) is 0 Å². The Hall–Kier alpha value is -1.13. The first kappa shape index (κ1) is 16.9. The number of nitrogens with one attached hydrogen (secondary N) is 1. The average Bonchev–Trinajstić information content (AvgIpc) is 2.46. The molecule has 0 heterocycles.